The lowest BCUT2D eigenvalue weighted by molar-refractivity contribution is -0.125. The van der Waals surface area contributed by atoms with Crippen LogP contribution in [0.25, 0.3) is 11.0 Å². The number of aromatic nitrogens is 2. The zero-order valence-electron chi connectivity index (χ0n) is 14.9. The Morgan fingerprint density at radius 2 is 1.81 bits per heavy atom. The summed E-state index contributed by atoms with van der Waals surface area (Å²) in [6.07, 6.45) is 0.598. The van der Waals surface area contributed by atoms with Crippen LogP contribution in [0.1, 0.15) is 34.6 Å². The van der Waals surface area contributed by atoms with Crippen LogP contribution in [0.2, 0.25) is 0 Å². The molecular weight excluding hydrogens is 353 g/mol. The number of halogens is 1. The van der Waals surface area contributed by atoms with E-state index in [2.05, 4.69) is 20.6 Å². The molecule has 0 bridgehead atoms. The van der Waals surface area contributed by atoms with Crippen molar-refractivity contribution in [2.45, 2.75) is 32.2 Å². The summed E-state index contributed by atoms with van der Waals surface area (Å²) in [5.41, 5.74) is 1.22. The quantitative estimate of drug-likeness (QED) is 0.733. The van der Waals surface area contributed by atoms with Crippen molar-refractivity contribution in [1.82, 2.24) is 25.5 Å². The van der Waals surface area contributed by atoms with Crippen molar-refractivity contribution in [2.75, 3.05) is 13.1 Å². The first kappa shape index (κ1) is 17.3. The largest absolute Gasteiger partial charge is 0.338 e. The average Bonchev–Trinajstić information content (AvgIpc) is 2.89. The van der Waals surface area contributed by atoms with Crippen LogP contribution in [-0.2, 0) is 4.79 Å². The number of hydrogen-bond donors (Lipinski definition) is 2. The van der Waals surface area contributed by atoms with E-state index >= 15 is 0 Å². The van der Waals surface area contributed by atoms with Gasteiger partial charge in [-0.15, -0.1) is 0 Å². The molecular formula is C18H18FN5O3. The van der Waals surface area contributed by atoms with Gasteiger partial charge < -0.3 is 10.2 Å². The van der Waals surface area contributed by atoms with Gasteiger partial charge in [0, 0.05) is 19.2 Å². The van der Waals surface area contributed by atoms with Gasteiger partial charge in [-0.05, 0) is 32.8 Å². The number of nitrogens with zero attached hydrogens (tertiary/aromatic N) is 3. The smallest absolute Gasteiger partial charge is 0.322 e. The molecule has 0 saturated carbocycles. The monoisotopic (exact) mass is 371 g/mol. The van der Waals surface area contributed by atoms with E-state index in [9.17, 15) is 18.8 Å². The fraction of sp³-hybridized carbons (Fsp3) is 0.389. The van der Waals surface area contributed by atoms with Crippen LogP contribution >= 0.6 is 0 Å². The van der Waals surface area contributed by atoms with Gasteiger partial charge in [0.15, 0.2) is 0 Å². The van der Waals surface area contributed by atoms with E-state index in [1.54, 1.807) is 18.7 Å². The van der Waals surface area contributed by atoms with Gasteiger partial charge in [0.05, 0.1) is 22.5 Å². The number of benzene rings is 1. The lowest BCUT2D eigenvalue weighted by atomic mass is 9.87. The highest BCUT2D eigenvalue weighted by Gasteiger charge is 2.48. The van der Waals surface area contributed by atoms with Gasteiger partial charge in [-0.1, -0.05) is 0 Å². The van der Waals surface area contributed by atoms with E-state index in [1.165, 1.54) is 12.1 Å². The number of urea groups is 1. The number of fused-ring (bicyclic) bond motifs is 1. The number of carbonyl (C=O) groups is 3. The van der Waals surface area contributed by atoms with E-state index in [0.717, 1.165) is 0 Å². The number of piperidine rings is 1. The van der Waals surface area contributed by atoms with Crippen molar-refractivity contribution in [3.8, 4) is 0 Å². The summed E-state index contributed by atoms with van der Waals surface area (Å²) in [4.78, 5) is 46.8. The average molecular weight is 371 g/mol. The lowest BCUT2D eigenvalue weighted by Crippen LogP contribution is -2.55. The molecule has 2 fully saturated rings. The van der Waals surface area contributed by atoms with Crippen LogP contribution in [0.5, 0.6) is 0 Å². The van der Waals surface area contributed by atoms with Crippen LogP contribution in [0.3, 0.4) is 0 Å². The van der Waals surface area contributed by atoms with Gasteiger partial charge in [-0.3, -0.25) is 14.9 Å². The lowest BCUT2D eigenvalue weighted by Gasteiger charge is -2.37. The van der Waals surface area contributed by atoms with Crippen LogP contribution in [0.15, 0.2) is 12.1 Å². The first-order valence-corrected chi connectivity index (χ1v) is 8.66. The van der Waals surface area contributed by atoms with E-state index in [4.69, 9.17) is 0 Å². The Morgan fingerprint density at radius 3 is 2.44 bits per heavy atom. The Bertz CT molecular complexity index is 998. The highest BCUT2D eigenvalue weighted by molar-refractivity contribution is 6.08. The van der Waals surface area contributed by atoms with Crippen molar-refractivity contribution >= 4 is 28.9 Å². The summed E-state index contributed by atoms with van der Waals surface area (Å²) in [7, 11) is 0. The minimum Gasteiger partial charge on any atom is -0.338 e. The molecule has 0 unspecified atom stereocenters. The summed E-state index contributed by atoms with van der Waals surface area (Å²) >= 11 is 0. The van der Waals surface area contributed by atoms with Crippen molar-refractivity contribution < 1.29 is 18.8 Å². The summed E-state index contributed by atoms with van der Waals surface area (Å²) in [6.45, 7) is 4.09. The molecule has 0 aliphatic carbocycles. The summed E-state index contributed by atoms with van der Waals surface area (Å²) < 4.78 is 14.1. The Morgan fingerprint density at radius 1 is 1.15 bits per heavy atom. The molecule has 0 atom stereocenters. The SMILES string of the molecule is Cc1nc2cc(F)cc(C(=O)N3CCC4(CC3)NC(=O)NC4=O)c2nc1C. The maximum Gasteiger partial charge on any atom is 0.322 e. The van der Waals surface area contributed by atoms with Crippen LogP contribution in [0.4, 0.5) is 9.18 Å². The Hall–Kier alpha value is -3.10. The molecule has 2 N–H and O–H groups in total. The molecule has 4 rings (SSSR count). The fourth-order valence-corrected chi connectivity index (χ4v) is 3.60. The maximum absolute atomic E-state index is 14.1. The summed E-state index contributed by atoms with van der Waals surface area (Å²) in [5, 5.41) is 4.89. The van der Waals surface area contributed by atoms with Crippen molar-refractivity contribution in [1.29, 1.82) is 0 Å². The highest BCUT2D eigenvalue weighted by Crippen LogP contribution is 2.28. The maximum atomic E-state index is 14.1. The minimum absolute atomic E-state index is 0.149. The second kappa shape index (κ2) is 5.97. The zero-order chi connectivity index (χ0) is 19.3. The Kier molecular flexibility index (Phi) is 3.83. The van der Waals surface area contributed by atoms with Gasteiger partial charge in [0.2, 0.25) is 0 Å². The van der Waals surface area contributed by atoms with Gasteiger partial charge in [0.1, 0.15) is 16.9 Å². The van der Waals surface area contributed by atoms with Crippen LogP contribution in [-0.4, -0.2) is 51.3 Å². The van der Waals surface area contributed by atoms with Gasteiger partial charge in [-0.2, -0.15) is 0 Å². The first-order valence-electron chi connectivity index (χ1n) is 8.66. The number of nitrogens with one attached hydrogen (secondary N) is 2. The fourth-order valence-electron chi connectivity index (χ4n) is 3.60. The van der Waals surface area contributed by atoms with Crippen LogP contribution < -0.4 is 10.6 Å². The van der Waals surface area contributed by atoms with Gasteiger partial charge >= 0.3 is 6.03 Å². The van der Waals surface area contributed by atoms with Crippen molar-refractivity contribution in [3.05, 3.63) is 34.9 Å². The van der Waals surface area contributed by atoms with E-state index in [0.29, 0.717) is 35.3 Å². The number of hydrogen-bond acceptors (Lipinski definition) is 5. The van der Waals surface area contributed by atoms with Gasteiger partial charge in [0.25, 0.3) is 11.8 Å². The normalized spacial score (nSPS) is 18.7. The zero-order valence-corrected chi connectivity index (χ0v) is 14.9. The number of likely N-dealkylation sites (tertiary alicyclic amines) is 1. The molecule has 2 aliphatic heterocycles. The molecule has 1 spiro atoms. The molecule has 0 radical (unpaired) electrons. The predicted octanol–water partition coefficient (Wildman–Crippen LogP) is 1.20. The second-order valence-corrected chi connectivity index (χ2v) is 7.00. The molecule has 1 aromatic heterocycles. The molecule has 9 heteroatoms. The summed E-state index contributed by atoms with van der Waals surface area (Å²) in [6, 6.07) is 1.91. The van der Waals surface area contributed by atoms with Gasteiger partial charge in [-0.25, -0.2) is 19.2 Å². The molecule has 27 heavy (non-hydrogen) atoms. The van der Waals surface area contributed by atoms with Crippen molar-refractivity contribution in [3.63, 3.8) is 0 Å². The number of carbonyl (C=O) groups excluding carboxylic acids is 3. The number of aryl methyl sites for hydroxylation is 2. The highest BCUT2D eigenvalue weighted by atomic mass is 19.1. The second-order valence-electron chi connectivity index (χ2n) is 7.00. The summed E-state index contributed by atoms with van der Waals surface area (Å²) in [5.74, 6) is -1.29. The topological polar surface area (TPSA) is 104 Å². The first-order chi connectivity index (χ1) is 12.8. The Labute approximate surface area is 154 Å². The molecule has 8 nitrogen and oxygen atoms in total. The third kappa shape index (κ3) is 2.79. The molecule has 1 aromatic carbocycles. The third-order valence-electron chi connectivity index (χ3n) is 5.29. The number of amides is 4. The predicted molar refractivity (Wildman–Crippen MR) is 93.5 cm³/mol. The van der Waals surface area contributed by atoms with E-state index < -0.39 is 17.4 Å². The Balaban J connectivity index is 1.63. The molecule has 4 amide bonds. The number of imide groups is 1. The molecule has 2 aliphatic rings. The van der Waals surface area contributed by atoms with Crippen LogP contribution in [0, 0.1) is 19.7 Å². The third-order valence-corrected chi connectivity index (χ3v) is 5.29. The van der Waals surface area contributed by atoms with E-state index in [-0.39, 0.29) is 30.5 Å². The number of rotatable bonds is 1. The molecule has 140 valence electrons. The minimum atomic E-state index is -0.967. The van der Waals surface area contributed by atoms with Crippen molar-refractivity contribution in [2.24, 2.45) is 0 Å². The molecule has 2 saturated heterocycles. The molecule has 3 heterocycles. The molecule has 2 aromatic rings. The standard InChI is InChI=1S/C18H18FN5O3/c1-9-10(2)21-14-12(7-11(19)8-13(14)20-9)15(25)24-5-3-18(4-6-24)16(26)22-17(27)23-18/h7-8H,3-6H2,1-2H3,(H2,22,23,26,27). The van der Waals surface area contributed by atoms with E-state index in [1.807, 2.05) is 0 Å².